The molecule has 3 aromatic rings. The van der Waals surface area contributed by atoms with Crippen molar-refractivity contribution in [3.63, 3.8) is 0 Å². The second-order valence-corrected chi connectivity index (χ2v) is 10.1. The zero-order valence-electron chi connectivity index (χ0n) is 19.4. The van der Waals surface area contributed by atoms with Crippen molar-refractivity contribution in [2.45, 2.75) is 23.9 Å². The summed E-state index contributed by atoms with van der Waals surface area (Å²) in [5.74, 6) is -0.667. The Labute approximate surface area is 214 Å². The molecule has 0 saturated heterocycles. The molecule has 1 aromatic carbocycles. The van der Waals surface area contributed by atoms with Gasteiger partial charge in [0.1, 0.15) is 33.6 Å². The molecule has 0 atom stereocenters. The highest BCUT2D eigenvalue weighted by Gasteiger charge is 2.64. The molecule has 0 spiro atoms. The first-order valence-corrected chi connectivity index (χ1v) is 12.5. The zero-order chi connectivity index (χ0) is 27.0. The highest BCUT2D eigenvalue weighted by Crippen LogP contribution is 2.57. The summed E-state index contributed by atoms with van der Waals surface area (Å²) in [5.41, 5.74) is -2.09. The van der Waals surface area contributed by atoms with Crippen molar-refractivity contribution in [3.05, 3.63) is 53.3 Å². The molecule has 1 saturated carbocycles. The van der Waals surface area contributed by atoms with E-state index in [0.717, 1.165) is 0 Å². The highest BCUT2D eigenvalue weighted by atomic mass is 35.5. The van der Waals surface area contributed by atoms with Crippen LogP contribution in [0, 0.1) is 5.41 Å². The number of benzene rings is 1. The van der Waals surface area contributed by atoms with Gasteiger partial charge in [-0.1, -0.05) is 11.6 Å². The Balaban J connectivity index is 1.47. The lowest BCUT2D eigenvalue weighted by Gasteiger charge is -2.18. The standard InChI is InChI=1S/C22H20ClF3N4O6S/c1-34-13-3-5-16(15(11-13)35-2)37(32,33)29-20(31)14-4-6-17(27-19(14)23)30-10-7-18(28-30)36-12-21(8-9-21)22(24,25)26/h3-7,10-11H,8-9,12H2,1-2H3,(H,29,31). The number of nitrogens with zero attached hydrogens (tertiary/aromatic N) is 3. The first kappa shape index (κ1) is 26.5. The predicted octanol–water partition coefficient (Wildman–Crippen LogP) is 3.78. The van der Waals surface area contributed by atoms with Crippen LogP contribution in [0.1, 0.15) is 23.2 Å². The maximum atomic E-state index is 13.1. The SMILES string of the molecule is COc1ccc(S(=O)(=O)NC(=O)c2ccc(-n3ccc(OCC4(C(F)(F)F)CC4)n3)nc2Cl)c(OC)c1. The van der Waals surface area contributed by atoms with Crippen LogP contribution in [-0.4, -0.2) is 56.1 Å². The number of aromatic nitrogens is 3. The maximum absolute atomic E-state index is 13.1. The minimum atomic E-state index is -4.36. The van der Waals surface area contributed by atoms with Crippen LogP contribution in [0.3, 0.4) is 0 Å². The zero-order valence-corrected chi connectivity index (χ0v) is 20.9. The summed E-state index contributed by atoms with van der Waals surface area (Å²) in [6.45, 7) is -0.547. The number of nitrogens with one attached hydrogen (secondary N) is 1. The van der Waals surface area contributed by atoms with E-state index in [1.807, 2.05) is 4.72 Å². The molecule has 0 aliphatic heterocycles. The number of halogens is 4. The topological polar surface area (TPSA) is 122 Å². The van der Waals surface area contributed by atoms with Gasteiger partial charge in [0.15, 0.2) is 5.82 Å². The van der Waals surface area contributed by atoms with Crippen LogP contribution in [-0.2, 0) is 10.0 Å². The quantitative estimate of drug-likeness (QED) is 0.392. The fraction of sp³-hybridized carbons (Fsp3) is 0.318. The molecular formula is C22H20ClF3N4O6S. The Morgan fingerprint density at radius 1 is 1.16 bits per heavy atom. The lowest BCUT2D eigenvalue weighted by molar-refractivity contribution is -0.194. The van der Waals surface area contributed by atoms with Crippen LogP contribution >= 0.6 is 11.6 Å². The van der Waals surface area contributed by atoms with Crippen LogP contribution < -0.4 is 18.9 Å². The number of carbonyl (C=O) groups excluding carboxylic acids is 1. The highest BCUT2D eigenvalue weighted by molar-refractivity contribution is 7.90. The van der Waals surface area contributed by atoms with E-state index in [9.17, 15) is 26.4 Å². The average Bonchev–Trinajstić information content (AvgIpc) is 3.51. The van der Waals surface area contributed by atoms with Gasteiger partial charge < -0.3 is 14.2 Å². The van der Waals surface area contributed by atoms with E-state index < -0.39 is 34.1 Å². The Hall–Kier alpha value is -3.52. The summed E-state index contributed by atoms with van der Waals surface area (Å²) in [6.07, 6.45) is -2.97. The van der Waals surface area contributed by atoms with E-state index in [4.69, 9.17) is 25.8 Å². The third-order valence-electron chi connectivity index (χ3n) is 5.72. The second-order valence-electron chi connectivity index (χ2n) is 8.12. The number of amides is 1. The lowest BCUT2D eigenvalue weighted by Crippen LogP contribution is -2.31. The molecule has 1 aliphatic carbocycles. The molecule has 2 aromatic heterocycles. The molecule has 37 heavy (non-hydrogen) atoms. The van der Waals surface area contributed by atoms with Crippen molar-refractivity contribution >= 4 is 27.5 Å². The summed E-state index contributed by atoms with van der Waals surface area (Å²) in [6, 6.07) is 7.87. The molecule has 1 fully saturated rings. The number of ether oxygens (including phenoxy) is 3. The molecule has 1 N–H and O–H groups in total. The van der Waals surface area contributed by atoms with E-state index in [1.165, 1.54) is 61.5 Å². The van der Waals surface area contributed by atoms with Gasteiger partial charge in [0, 0.05) is 18.3 Å². The average molecular weight is 561 g/mol. The molecule has 0 unspecified atom stereocenters. The minimum Gasteiger partial charge on any atom is -0.497 e. The van der Waals surface area contributed by atoms with Crippen molar-refractivity contribution < 1.29 is 40.6 Å². The normalized spacial score (nSPS) is 14.6. The van der Waals surface area contributed by atoms with Crippen molar-refractivity contribution in [1.82, 2.24) is 19.5 Å². The van der Waals surface area contributed by atoms with Crippen LogP contribution in [0.5, 0.6) is 17.4 Å². The van der Waals surface area contributed by atoms with E-state index in [1.54, 1.807) is 0 Å². The van der Waals surface area contributed by atoms with Crippen LogP contribution in [0.25, 0.3) is 5.82 Å². The van der Waals surface area contributed by atoms with Gasteiger partial charge in [-0.2, -0.15) is 13.2 Å². The Morgan fingerprint density at radius 3 is 2.49 bits per heavy atom. The van der Waals surface area contributed by atoms with Gasteiger partial charge in [-0.15, -0.1) is 5.10 Å². The third-order valence-corrected chi connectivity index (χ3v) is 7.38. The van der Waals surface area contributed by atoms with Gasteiger partial charge in [-0.25, -0.2) is 22.8 Å². The van der Waals surface area contributed by atoms with Crippen LogP contribution in [0.4, 0.5) is 13.2 Å². The van der Waals surface area contributed by atoms with Gasteiger partial charge in [-0.05, 0) is 37.1 Å². The Morgan fingerprint density at radius 2 is 1.89 bits per heavy atom. The summed E-state index contributed by atoms with van der Waals surface area (Å²) in [7, 11) is -1.69. The van der Waals surface area contributed by atoms with E-state index >= 15 is 0 Å². The van der Waals surface area contributed by atoms with Crippen molar-refractivity contribution in [3.8, 4) is 23.2 Å². The van der Waals surface area contributed by atoms with Crippen LogP contribution in [0.15, 0.2) is 47.5 Å². The molecule has 2 heterocycles. The first-order chi connectivity index (χ1) is 17.4. The molecule has 1 amide bonds. The van der Waals surface area contributed by atoms with E-state index in [0.29, 0.717) is 5.75 Å². The van der Waals surface area contributed by atoms with Crippen molar-refractivity contribution in [2.75, 3.05) is 20.8 Å². The van der Waals surface area contributed by atoms with Crippen molar-refractivity contribution in [1.29, 1.82) is 0 Å². The van der Waals surface area contributed by atoms with Gasteiger partial charge in [0.05, 0.1) is 19.8 Å². The molecule has 4 rings (SSSR count). The Kier molecular flexibility index (Phi) is 6.99. The third kappa shape index (κ3) is 5.44. The fourth-order valence-corrected chi connectivity index (χ4v) is 4.69. The number of rotatable bonds is 9. The lowest BCUT2D eigenvalue weighted by atomic mass is 10.1. The summed E-state index contributed by atoms with van der Waals surface area (Å²) in [5, 5.41) is 3.69. The summed E-state index contributed by atoms with van der Waals surface area (Å²) in [4.78, 5) is 16.4. The van der Waals surface area contributed by atoms with E-state index in [2.05, 4.69) is 10.1 Å². The molecule has 10 nitrogen and oxygen atoms in total. The smallest absolute Gasteiger partial charge is 0.397 e. The molecule has 0 bridgehead atoms. The fourth-order valence-electron chi connectivity index (χ4n) is 3.33. The monoisotopic (exact) mass is 560 g/mol. The molecule has 198 valence electrons. The number of hydrogen-bond acceptors (Lipinski definition) is 8. The van der Waals surface area contributed by atoms with Gasteiger partial charge in [0.25, 0.3) is 15.9 Å². The molecular weight excluding hydrogens is 541 g/mol. The number of alkyl halides is 3. The number of methoxy groups -OCH3 is 2. The number of carbonyl (C=O) groups is 1. The van der Waals surface area contributed by atoms with Crippen LogP contribution in [0.2, 0.25) is 5.15 Å². The number of sulfonamides is 1. The largest absolute Gasteiger partial charge is 0.497 e. The summed E-state index contributed by atoms with van der Waals surface area (Å²) >= 11 is 6.13. The molecule has 15 heteroatoms. The predicted molar refractivity (Wildman–Crippen MR) is 124 cm³/mol. The van der Waals surface area contributed by atoms with Gasteiger partial charge >= 0.3 is 6.18 Å². The van der Waals surface area contributed by atoms with E-state index in [-0.39, 0.29) is 45.9 Å². The molecule has 0 radical (unpaired) electrons. The second kappa shape index (κ2) is 9.74. The van der Waals surface area contributed by atoms with Gasteiger partial charge in [-0.3, -0.25) is 4.79 Å². The summed E-state index contributed by atoms with van der Waals surface area (Å²) < 4.78 is 83.2. The maximum Gasteiger partial charge on any atom is 0.397 e. The number of pyridine rings is 1. The van der Waals surface area contributed by atoms with Crippen molar-refractivity contribution in [2.24, 2.45) is 5.41 Å². The first-order valence-electron chi connectivity index (χ1n) is 10.6. The van der Waals surface area contributed by atoms with Gasteiger partial charge in [0.2, 0.25) is 5.88 Å². The molecule has 1 aliphatic rings. The Bertz CT molecular complexity index is 1440. The minimum absolute atomic E-state index is 0.00113. The number of hydrogen-bond donors (Lipinski definition) is 1.